The van der Waals surface area contributed by atoms with E-state index in [-0.39, 0.29) is 0 Å². The summed E-state index contributed by atoms with van der Waals surface area (Å²) in [7, 11) is 0. The third-order valence-electron chi connectivity index (χ3n) is 18.4. The number of aromatic amines is 2. The Morgan fingerprint density at radius 2 is 0.402 bits per heavy atom. The van der Waals surface area contributed by atoms with Crippen LogP contribution in [0.1, 0.15) is 111 Å². The molecule has 92 heavy (non-hydrogen) atoms. The minimum absolute atomic E-state index is 0.405. The second-order valence-corrected chi connectivity index (χ2v) is 22.8. The van der Waals surface area contributed by atoms with E-state index < -0.39 is 0 Å². The molecule has 0 saturated carbocycles. The van der Waals surface area contributed by atoms with Crippen molar-refractivity contribution in [2.24, 2.45) is 0 Å². The number of benzene rings is 3. The molecule has 2 N–H and O–H groups in total. The summed E-state index contributed by atoms with van der Waals surface area (Å²) in [6, 6.07) is 12.4. The summed E-state index contributed by atoms with van der Waals surface area (Å²) in [6.07, 6.45) is 0. The maximum atomic E-state index is 5.58. The molecule has 3 aromatic carbocycles. The molecular weight excluding hydrogens is 1150 g/mol. The van der Waals surface area contributed by atoms with Crippen molar-refractivity contribution in [2.45, 2.75) is 111 Å². The molecule has 10 aromatic rings. The zero-order chi connectivity index (χ0) is 64.8. The molecule has 2 aliphatic rings. The number of fused-ring (bicyclic) bond motifs is 23. The van der Waals surface area contributed by atoms with Crippen LogP contribution in [0.25, 0.3) is 123 Å². The average Bonchev–Trinajstić information content (AvgIpc) is 1.56. The Balaban J connectivity index is 1.27. The molecule has 0 fully saturated rings. The van der Waals surface area contributed by atoms with Gasteiger partial charge in [0.1, 0.15) is 22.3 Å². The number of anilines is 8. The lowest BCUT2D eigenvalue weighted by atomic mass is 10.1. The van der Waals surface area contributed by atoms with Crippen LogP contribution in [0.3, 0.4) is 0 Å². The first-order valence-electron chi connectivity index (χ1n) is 33.6. The molecular formula is C68H88N24. The van der Waals surface area contributed by atoms with Crippen LogP contribution < -0.4 is 39.2 Å². The Bertz CT molecular complexity index is 4300. The van der Waals surface area contributed by atoms with Crippen molar-refractivity contribution in [3.63, 3.8) is 0 Å². The number of H-pyrrole nitrogens is 2. The maximum Gasteiger partial charge on any atom is 0.172 e. The Morgan fingerprint density at radius 3 is 0.620 bits per heavy atom. The number of rotatable bonds is 24. The van der Waals surface area contributed by atoms with E-state index in [1.807, 2.05) is 0 Å². The van der Waals surface area contributed by atoms with E-state index in [2.05, 4.69) is 196 Å². The standard InChI is InChI=1S/C68H88N24/c1-17-85(18-2)61-62(86(19-3)20-4)70-46-34-40-39(33-45(46)69-61)53-77-54(40)79-56-42-36-48-50(74-66(90(27-11)28-12)64(72-48)88(23-7)24-8)38-44(42)58(81-56)83-60-52-51(75-67(91(29-13)30-14)68(76-52)92(31-15)32-16)59(84-60)82-57-43-37-49-47(35-41(43)55(78-53)80-57)71-63(87(21-5)22-6)65(73-49)89(25-9)26-10/h33-38H,17-32H2,1-16H3,(H2,77,78,79,80,81,82,83,84). The minimum atomic E-state index is 0.405. The van der Waals surface area contributed by atoms with Gasteiger partial charge in [0.05, 0.1) is 33.1 Å². The van der Waals surface area contributed by atoms with Gasteiger partial charge in [-0.1, -0.05) is 0 Å². The zero-order valence-electron chi connectivity index (χ0n) is 56.6. The van der Waals surface area contributed by atoms with Crippen LogP contribution in [-0.2, 0) is 0 Å². The summed E-state index contributed by atoms with van der Waals surface area (Å²) in [4.78, 5) is 102. The summed E-state index contributed by atoms with van der Waals surface area (Å²) in [5, 5.41) is 1.54. The zero-order valence-corrected chi connectivity index (χ0v) is 56.6. The molecule has 8 bridgehead atoms. The van der Waals surface area contributed by atoms with Crippen molar-refractivity contribution in [2.75, 3.05) is 144 Å². The Labute approximate surface area is 538 Å². The number of hydrogen-bond donors (Lipinski definition) is 2. The van der Waals surface area contributed by atoms with Crippen molar-refractivity contribution in [1.82, 2.24) is 79.7 Å². The average molecular weight is 1240 g/mol. The van der Waals surface area contributed by atoms with E-state index in [1.54, 1.807) is 0 Å². The van der Waals surface area contributed by atoms with E-state index in [1.165, 1.54) is 0 Å². The Hall–Kier alpha value is -9.48. The highest BCUT2D eigenvalue weighted by Gasteiger charge is 2.30. The van der Waals surface area contributed by atoms with Crippen LogP contribution in [-0.4, -0.2) is 184 Å². The maximum absolute atomic E-state index is 5.58. The number of nitrogens with one attached hydrogen (secondary N) is 2. The van der Waals surface area contributed by atoms with Crippen molar-refractivity contribution < 1.29 is 0 Å². The van der Waals surface area contributed by atoms with Crippen LogP contribution in [0.2, 0.25) is 0 Å². The van der Waals surface area contributed by atoms with Crippen LogP contribution >= 0.6 is 0 Å². The van der Waals surface area contributed by atoms with Gasteiger partial charge in [0.15, 0.2) is 81.1 Å². The highest BCUT2D eigenvalue weighted by atomic mass is 15.3. The first-order valence-corrected chi connectivity index (χ1v) is 33.6. The largest absolute Gasteiger partial charge is 0.354 e. The van der Waals surface area contributed by atoms with Crippen LogP contribution in [0, 0.1) is 0 Å². The van der Waals surface area contributed by atoms with Crippen molar-refractivity contribution in [1.29, 1.82) is 0 Å². The third-order valence-corrected chi connectivity index (χ3v) is 18.4. The molecule has 0 atom stereocenters. The van der Waals surface area contributed by atoms with Gasteiger partial charge in [-0.05, 0) is 147 Å². The van der Waals surface area contributed by atoms with Crippen LogP contribution in [0.15, 0.2) is 36.4 Å². The summed E-state index contributed by atoms with van der Waals surface area (Å²) < 4.78 is 0. The summed E-state index contributed by atoms with van der Waals surface area (Å²) in [5.74, 6) is 8.12. The number of nitrogens with zero attached hydrogens (tertiary/aromatic N) is 22. The van der Waals surface area contributed by atoms with Gasteiger partial charge in [-0.2, -0.15) is 0 Å². The quantitative estimate of drug-likeness (QED) is 0.0572. The molecule has 24 heteroatoms. The van der Waals surface area contributed by atoms with E-state index in [9.17, 15) is 0 Å². The number of hydrogen-bond acceptors (Lipinski definition) is 22. The van der Waals surface area contributed by atoms with Gasteiger partial charge >= 0.3 is 0 Å². The van der Waals surface area contributed by atoms with E-state index >= 15 is 0 Å². The van der Waals surface area contributed by atoms with Gasteiger partial charge < -0.3 is 49.2 Å². The van der Waals surface area contributed by atoms with E-state index in [4.69, 9.17) is 69.8 Å². The van der Waals surface area contributed by atoms with E-state index in [0.29, 0.717) is 116 Å². The second-order valence-electron chi connectivity index (χ2n) is 22.8. The summed E-state index contributed by atoms with van der Waals surface area (Å²) in [5.41, 5.74) is 10.1. The molecule has 0 radical (unpaired) electrons. The van der Waals surface area contributed by atoms with Gasteiger partial charge in [0, 0.05) is 138 Å². The molecule has 0 amide bonds. The lowest BCUT2D eigenvalue weighted by Crippen LogP contribution is -2.30. The van der Waals surface area contributed by atoms with Gasteiger partial charge in [0.2, 0.25) is 0 Å². The SMILES string of the molecule is CCN(CC)c1nc2cc3c(cc2nc1N(CC)CC)-c1nc-3nc2[nH]c(nc3nc(nc4[nH]c(n1)c1nc(N(CC)CC)c(N(CC)CC)nc41)-c1cc4nc(N(CC)CC)c(N(CC)CC)nc4cc1-3)c1cc3nc(N(CC)CC)c(N(CC)CC)nc3cc21. The molecule has 0 spiro atoms. The minimum Gasteiger partial charge on any atom is -0.354 e. The first-order chi connectivity index (χ1) is 44.8. The summed E-state index contributed by atoms with van der Waals surface area (Å²) >= 11 is 0. The smallest absolute Gasteiger partial charge is 0.172 e. The molecule has 7 aromatic heterocycles. The predicted molar refractivity (Wildman–Crippen MR) is 379 cm³/mol. The summed E-state index contributed by atoms with van der Waals surface area (Å²) in [6.45, 7) is 46.4. The van der Waals surface area contributed by atoms with Crippen molar-refractivity contribution in [3.8, 4) is 45.6 Å². The molecule has 0 unspecified atom stereocenters. The van der Waals surface area contributed by atoms with Crippen LogP contribution in [0.5, 0.6) is 0 Å². The molecule has 480 valence electrons. The second kappa shape index (κ2) is 26.0. The fraction of sp³-hybridized carbons (Fsp3) is 0.471. The van der Waals surface area contributed by atoms with Gasteiger partial charge in [0.25, 0.3) is 0 Å². The van der Waals surface area contributed by atoms with Gasteiger partial charge in [-0.15, -0.1) is 0 Å². The molecule has 2 aliphatic heterocycles. The third kappa shape index (κ3) is 10.7. The molecule has 0 aliphatic carbocycles. The van der Waals surface area contributed by atoms with Crippen molar-refractivity contribution in [3.05, 3.63) is 36.4 Å². The highest BCUT2D eigenvalue weighted by Crippen LogP contribution is 2.43. The highest BCUT2D eigenvalue weighted by molar-refractivity contribution is 6.11. The molecule has 12 rings (SSSR count). The monoisotopic (exact) mass is 1240 g/mol. The van der Waals surface area contributed by atoms with Crippen LogP contribution in [0.4, 0.5) is 46.5 Å². The normalized spacial score (nSPS) is 12.0. The van der Waals surface area contributed by atoms with Crippen molar-refractivity contribution >= 4 is 124 Å². The number of aromatic nitrogens is 16. The lowest BCUT2D eigenvalue weighted by molar-refractivity contribution is 0.807. The van der Waals surface area contributed by atoms with Gasteiger partial charge in [-0.3, -0.25) is 0 Å². The fourth-order valence-corrected chi connectivity index (χ4v) is 13.0. The van der Waals surface area contributed by atoms with E-state index in [0.717, 1.165) is 158 Å². The molecule has 24 nitrogen and oxygen atoms in total. The Kier molecular flexibility index (Phi) is 17.7. The lowest BCUT2D eigenvalue weighted by Gasteiger charge is -2.28. The molecule has 0 saturated heterocycles. The fourth-order valence-electron chi connectivity index (χ4n) is 13.0. The van der Waals surface area contributed by atoms with Gasteiger partial charge in [-0.25, -0.2) is 69.8 Å². The first kappa shape index (κ1) is 62.7. The molecule has 9 heterocycles. The topological polar surface area (TPSA) is 238 Å². The predicted octanol–water partition coefficient (Wildman–Crippen LogP) is 12.3. The Morgan fingerprint density at radius 1 is 0.217 bits per heavy atom.